The molecule has 9 heteroatoms. The summed E-state index contributed by atoms with van der Waals surface area (Å²) in [5, 5.41) is 9.76. The van der Waals surface area contributed by atoms with Crippen LogP contribution in [0.3, 0.4) is 0 Å². The van der Waals surface area contributed by atoms with Crippen LogP contribution in [0, 0.1) is 0 Å². The molecule has 0 spiro atoms. The van der Waals surface area contributed by atoms with Gasteiger partial charge in [0.2, 0.25) is 4.80 Å². The summed E-state index contributed by atoms with van der Waals surface area (Å²) in [5.41, 5.74) is 5.24. The maximum absolute atomic E-state index is 13.6. The van der Waals surface area contributed by atoms with Crippen molar-refractivity contribution in [3.8, 4) is 17.0 Å². The topological polar surface area (TPSA) is 88.3 Å². The highest BCUT2D eigenvalue weighted by molar-refractivity contribution is 7.07. The molecule has 2 aliphatic rings. The number of benzene rings is 3. The zero-order chi connectivity index (χ0) is 26.2. The van der Waals surface area contributed by atoms with Crippen molar-refractivity contribution in [2.45, 2.75) is 26.4 Å². The van der Waals surface area contributed by atoms with Crippen LogP contribution in [0.25, 0.3) is 11.3 Å². The molecule has 190 valence electrons. The van der Waals surface area contributed by atoms with Crippen molar-refractivity contribution >= 4 is 40.2 Å². The van der Waals surface area contributed by atoms with Gasteiger partial charge < -0.3 is 15.0 Å². The second kappa shape index (κ2) is 9.75. The first-order valence-electron chi connectivity index (χ1n) is 12.3. The van der Waals surface area contributed by atoms with Gasteiger partial charge in [0, 0.05) is 22.5 Å². The van der Waals surface area contributed by atoms with Gasteiger partial charge in [-0.15, -0.1) is 11.3 Å². The van der Waals surface area contributed by atoms with Crippen LogP contribution in [0.2, 0.25) is 0 Å². The van der Waals surface area contributed by atoms with Gasteiger partial charge in [0.25, 0.3) is 11.8 Å². The van der Waals surface area contributed by atoms with Crippen molar-refractivity contribution in [1.82, 2.24) is 4.68 Å². The molecule has 0 radical (unpaired) electrons. The molecule has 1 aromatic heterocycles. The molecule has 0 atom stereocenters. The van der Waals surface area contributed by atoms with Crippen LogP contribution in [0.4, 0.5) is 11.4 Å². The Morgan fingerprint density at radius 2 is 1.82 bits per heavy atom. The number of hydrogen-bond acceptors (Lipinski definition) is 6. The van der Waals surface area contributed by atoms with E-state index in [0.717, 1.165) is 28.1 Å². The van der Waals surface area contributed by atoms with E-state index in [1.807, 2.05) is 92.0 Å². The predicted molar refractivity (Wildman–Crippen MR) is 149 cm³/mol. The summed E-state index contributed by atoms with van der Waals surface area (Å²) in [6, 6.07) is 23.3. The van der Waals surface area contributed by atoms with Gasteiger partial charge in [0.15, 0.2) is 12.3 Å². The number of ether oxygens (including phenoxy) is 1. The van der Waals surface area contributed by atoms with E-state index in [-0.39, 0.29) is 24.5 Å². The number of thiazole rings is 1. The largest absolute Gasteiger partial charge is 0.482 e. The summed E-state index contributed by atoms with van der Waals surface area (Å²) in [5.74, 6) is 0.266. The SMILES string of the molecule is CC(C)N1C(=O)C(=Nn2c(-c3ccc4c(c3)NC(=O)CO4)csc2=NCc2ccccc2)c2ccccc21. The van der Waals surface area contributed by atoms with Gasteiger partial charge in [-0.2, -0.15) is 5.10 Å². The van der Waals surface area contributed by atoms with Crippen molar-refractivity contribution < 1.29 is 14.3 Å². The lowest BCUT2D eigenvalue weighted by atomic mass is 10.1. The van der Waals surface area contributed by atoms with E-state index in [0.29, 0.717) is 28.5 Å². The van der Waals surface area contributed by atoms with Crippen molar-refractivity contribution in [2.75, 3.05) is 16.8 Å². The Balaban J connectivity index is 1.51. The third-order valence-electron chi connectivity index (χ3n) is 6.39. The van der Waals surface area contributed by atoms with Crippen LogP contribution in [-0.4, -0.2) is 34.9 Å². The lowest BCUT2D eigenvalue weighted by Gasteiger charge is -2.21. The smallest absolute Gasteiger partial charge is 0.279 e. The number of nitrogens with zero attached hydrogens (tertiary/aromatic N) is 4. The van der Waals surface area contributed by atoms with E-state index in [2.05, 4.69) is 5.32 Å². The van der Waals surface area contributed by atoms with Crippen LogP contribution in [-0.2, 0) is 16.1 Å². The van der Waals surface area contributed by atoms with Gasteiger partial charge in [0.05, 0.1) is 23.6 Å². The van der Waals surface area contributed by atoms with E-state index in [1.54, 1.807) is 9.58 Å². The van der Waals surface area contributed by atoms with E-state index in [9.17, 15) is 9.59 Å². The summed E-state index contributed by atoms with van der Waals surface area (Å²) in [7, 11) is 0. The second-order valence-corrected chi connectivity index (χ2v) is 10.1. The molecule has 8 nitrogen and oxygen atoms in total. The van der Waals surface area contributed by atoms with Crippen LogP contribution in [0.5, 0.6) is 5.75 Å². The molecule has 3 heterocycles. The molecule has 1 N–H and O–H groups in total. The molecule has 0 saturated heterocycles. The average Bonchev–Trinajstić information content (AvgIpc) is 3.45. The first-order chi connectivity index (χ1) is 18.5. The number of aromatic nitrogens is 1. The Kier molecular flexibility index (Phi) is 6.13. The third-order valence-corrected chi connectivity index (χ3v) is 7.24. The number of nitrogens with one attached hydrogen (secondary N) is 1. The highest BCUT2D eigenvalue weighted by Crippen LogP contribution is 2.34. The molecule has 0 aliphatic carbocycles. The van der Waals surface area contributed by atoms with Gasteiger partial charge in [-0.3, -0.25) is 14.6 Å². The van der Waals surface area contributed by atoms with E-state index in [1.165, 1.54) is 11.3 Å². The normalized spacial score (nSPS) is 16.0. The number of amides is 2. The maximum atomic E-state index is 13.6. The lowest BCUT2D eigenvalue weighted by Crippen LogP contribution is -2.36. The maximum Gasteiger partial charge on any atom is 0.279 e. The molecule has 0 fully saturated rings. The minimum absolute atomic E-state index is 0.00512. The molecule has 0 bridgehead atoms. The molecular formula is C29H25N5O3S. The first-order valence-corrected chi connectivity index (χ1v) is 13.2. The zero-order valence-electron chi connectivity index (χ0n) is 20.9. The molecule has 2 aliphatic heterocycles. The number of carbonyl (C=O) groups excluding carboxylic acids is 2. The van der Waals surface area contributed by atoms with Crippen molar-refractivity contribution in [1.29, 1.82) is 0 Å². The van der Waals surface area contributed by atoms with E-state index >= 15 is 0 Å². The number of para-hydroxylation sites is 1. The number of rotatable bonds is 5. The average molecular weight is 524 g/mol. The van der Waals surface area contributed by atoms with E-state index < -0.39 is 0 Å². The quantitative estimate of drug-likeness (QED) is 0.413. The van der Waals surface area contributed by atoms with Gasteiger partial charge in [-0.1, -0.05) is 48.5 Å². The van der Waals surface area contributed by atoms with Crippen LogP contribution < -0.4 is 19.8 Å². The Bertz CT molecular complexity index is 1650. The highest BCUT2D eigenvalue weighted by atomic mass is 32.1. The lowest BCUT2D eigenvalue weighted by molar-refractivity contribution is -0.118. The summed E-state index contributed by atoms with van der Waals surface area (Å²) >= 11 is 1.45. The minimum atomic E-state index is -0.200. The standard InChI is InChI=1S/C29H25N5O3S/c1-18(2)33-23-11-7-6-10-21(23)27(28(33)36)32-34-24(17-38-29(34)30-15-19-8-4-3-5-9-19)20-12-13-25-22(14-20)31-26(35)16-37-25/h3-14,17-18H,15-16H2,1-2H3,(H,31,35). The fraction of sp³-hybridized carbons (Fsp3) is 0.172. The summed E-state index contributed by atoms with van der Waals surface area (Å²) in [6.07, 6.45) is 0. The number of hydrogen-bond donors (Lipinski definition) is 1. The molecule has 4 aromatic rings. The van der Waals surface area contributed by atoms with Crippen molar-refractivity contribution in [3.63, 3.8) is 0 Å². The van der Waals surface area contributed by atoms with Crippen molar-refractivity contribution in [2.24, 2.45) is 10.1 Å². The van der Waals surface area contributed by atoms with E-state index in [4.69, 9.17) is 14.8 Å². The molecule has 0 saturated carbocycles. The minimum Gasteiger partial charge on any atom is -0.482 e. The molecular weight excluding hydrogens is 498 g/mol. The van der Waals surface area contributed by atoms with Crippen LogP contribution in [0.1, 0.15) is 25.0 Å². The predicted octanol–water partition coefficient (Wildman–Crippen LogP) is 4.66. The fourth-order valence-electron chi connectivity index (χ4n) is 4.62. The Morgan fingerprint density at radius 3 is 2.63 bits per heavy atom. The highest BCUT2D eigenvalue weighted by Gasteiger charge is 2.35. The number of fused-ring (bicyclic) bond motifs is 2. The molecule has 38 heavy (non-hydrogen) atoms. The Morgan fingerprint density at radius 1 is 1.03 bits per heavy atom. The second-order valence-electron chi connectivity index (χ2n) is 9.30. The molecule has 3 aromatic carbocycles. The Labute approximate surface area is 223 Å². The zero-order valence-corrected chi connectivity index (χ0v) is 21.7. The number of anilines is 2. The summed E-state index contributed by atoms with van der Waals surface area (Å²) in [6.45, 7) is 4.45. The number of carbonyl (C=O) groups is 2. The monoisotopic (exact) mass is 523 g/mol. The van der Waals surface area contributed by atoms with Gasteiger partial charge in [-0.05, 0) is 43.7 Å². The van der Waals surface area contributed by atoms with Crippen LogP contribution in [0.15, 0.2) is 88.3 Å². The Hall–Kier alpha value is -4.50. The molecule has 0 unspecified atom stereocenters. The molecule has 2 amide bonds. The van der Waals surface area contributed by atoms with Crippen molar-refractivity contribution in [3.05, 3.63) is 94.1 Å². The van der Waals surface area contributed by atoms with Gasteiger partial charge in [0.1, 0.15) is 5.75 Å². The first kappa shape index (κ1) is 23.9. The van der Waals surface area contributed by atoms with Gasteiger partial charge in [-0.25, -0.2) is 4.68 Å². The van der Waals surface area contributed by atoms with Gasteiger partial charge >= 0.3 is 0 Å². The van der Waals surface area contributed by atoms with Crippen LogP contribution >= 0.6 is 11.3 Å². The fourth-order valence-corrected chi connectivity index (χ4v) is 5.45. The summed E-state index contributed by atoms with van der Waals surface area (Å²) < 4.78 is 7.26. The summed E-state index contributed by atoms with van der Waals surface area (Å²) in [4.78, 5) is 32.8. The molecule has 6 rings (SSSR count). The third kappa shape index (κ3) is 4.31.